The van der Waals surface area contributed by atoms with Crippen LogP contribution in [0.3, 0.4) is 0 Å². The van der Waals surface area contributed by atoms with Crippen molar-refractivity contribution >= 4 is 17.7 Å². The summed E-state index contributed by atoms with van der Waals surface area (Å²) in [4.78, 5) is 14.4. The van der Waals surface area contributed by atoms with E-state index in [4.69, 9.17) is 0 Å². The highest BCUT2D eigenvalue weighted by Crippen LogP contribution is 2.33. The summed E-state index contributed by atoms with van der Waals surface area (Å²) in [5.74, 6) is 2.49. The molecule has 0 bridgehead atoms. The molecule has 1 aromatic carbocycles. The van der Waals surface area contributed by atoms with Gasteiger partial charge in [0.25, 0.3) is 0 Å². The zero-order valence-electron chi connectivity index (χ0n) is 10.5. The number of nitrogens with zero attached hydrogens (tertiary/aromatic N) is 1. The second kappa shape index (κ2) is 4.94. The number of hydrogen-bond acceptors (Lipinski definition) is 3. The fraction of sp³-hybridized carbons (Fsp3) is 0.500. The van der Waals surface area contributed by atoms with Gasteiger partial charge in [0.05, 0.1) is 6.04 Å². The van der Waals surface area contributed by atoms with Gasteiger partial charge < -0.3 is 4.90 Å². The van der Waals surface area contributed by atoms with Gasteiger partial charge in [0, 0.05) is 11.8 Å². The van der Waals surface area contributed by atoms with E-state index in [2.05, 4.69) is 22.3 Å². The summed E-state index contributed by atoms with van der Waals surface area (Å²) in [6.07, 6.45) is 1.17. The molecule has 18 heavy (non-hydrogen) atoms. The first-order valence-electron chi connectivity index (χ1n) is 6.48. The van der Waals surface area contributed by atoms with E-state index in [0.717, 1.165) is 12.2 Å². The first-order chi connectivity index (χ1) is 8.77. The molecule has 3 unspecified atom stereocenters. The number of nitrogens with one attached hydrogen (secondary N) is 1. The lowest BCUT2D eigenvalue weighted by molar-refractivity contribution is -0.131. The molecule has 2 aliphatic rings. The van der Waals surface area contributed by atoms with Crippen LogP contribution in [-0.4, -0.2) is 34.4 Å². The van der Waals surface area contributed by atoms with Gasteiger partial charge in [-0.2, -0.15) is 11.8 Å². The van der Waals surface area contributed by atoms with Crippen LogP contribution in [0.2, 0.25) is 0 Å². The lowest BCUT2D eigenvalue weighted by Crippen LogP contribution is -2.40. The van der Waals surface area contributed by atoms with E-state index >= 15 is 0 Å². The predicted molar refractivity (Wildman–Crippen MR) is 74.4 cm³/mol. The molecule has 3 nitrogen and oxygen atoms in total. The monoisotopic (exact) mass is 262 g/mol. The van der Waals surface area contributed by atoms with Crippen molar-refractivity contribution in [2.75, 3.05) is 11.5 Å². The van der Waals surface area contributed by atoms with Gasteiger partial charge in [0.1, 0.15) is 6.17 Å². The summed E-state index contributed by atoms with van der Waals surface area (Å²) >= 11 is 1.95. The van der Waals surface area contributed by atoms with E-state index in [1.807, 2.05) is 36.9 Å². The Morgan fingerprint density at radius 2 is 2.11 bits per heavy atom. The molecule has 2 aliphatic heterocycles. The maximum absolute atomic E-state index is 12.3. The lowest BCUT2D eigenvalue weighted by atomic mass is 10.1. The van der Waals surface area contributed by atoms with Crippen LogP contribution in [0, 0.1) is 0 Å². The fourth-order valence-corrected chi connectivity index (χ4v) is 3.97. The molecule has 1 N–H and O–H groups in total. The third-order valence-corrected chi connectivity index (χ3v) is 4.87. The third kappa shape index (κ3) is 2.04. The number of rotatable bonds is 2. The minimum absolute atomic E-state index is 0.0531. The van der Waals surface area contributed by atoms with Crippen molar-refractivity contribution in [3.05, 3.63) is 35.9 Å². The smallest absolute Gasteiger partial charge is 0.241 e. The number of benzene rings is 1. The molecule has 2 fully saturated rings. The summed E-state index contributed by atoms with van der Waals surface area (Å²) in [6, 6.07) is 10.6. The Hall–Kier alpha value is -1.00. The molecule has 0 radical (unpaired) electrons. The Balaban J connectivity index is 1.89. The molecule has 96 valence electrons. The second-order valence-corrected chi connectivity index (χ2v) is 6.11. The molecule has 4 heteroatoms. The number of carbonyl (C=O) groups excluding carboxylic acids is 1. The Kier molecular flexibility index (Phi) is 3.31. The molecule has 3 rings (SSSR count). The minimum Gasteiger partial charge on any atom is -0.318 e. The van der Waals surface area contributed by atoms with Crippen LogP contribution in [0.25, 0.3) is 0 Å². The van der Waals surface area contributed by atoms with Crippen LogP contribution in [0.15, 0.2) is 30.3 Å². The molecule has 2 saturated heterocycles. The van der Waals surface area contributed by atoms with Crippen molar-refractivity contribution in [1.29, 1.82) is 0 Å². The van der Waals surface area contributed by atoms with Gasteiger partial charge in [-0.1, -0.05) is 30.3 Å². The molecular formula is C14H18N2OS. The molecule has 2 heterocycles. The van der Waals surface area contributed by atoms with Gasteiger partial charge in [-0.25, -0.2) is 0 Å². The molecule has 1 aromatic rings. The Bertz CT molecular complexity index is 431. The highest BCUT2D eigenvalue weighted by Gasteiger charge is 2.41. The van der Waals surface area contributed by atoms with Crippen LogP contribution in [-0.2, 0) is 4.79 Å². The first-order valence-corrected chi connectivity index (χ1v) is 7.64. The Morgan fingerprint density at radius 1 is 1.33 bits per heavy atom. The standard InChI is InChI=1S/C14H18N2OS/c1-10-14(17)16(12-7-8-18-9-12)13(15-10)11-5-3-2-4-6-11/h2-6,10,12-13,15H,7-9H2,1H3. The average Bonchev–Trinajstić information content (AvgIpc) is 3.00. The van der Waals surface area contributed by atoms with Gasteiger partial charge in [-0.3, -0.25) is 10.1 Å². The summed E-state index contributed by atoms with van der Waals surface area (Å²) < 4.78 is 0. The van der Waals surface area contributed by atoms with E-state index in [1.54, 1.807) is 0 Å². The van der Waals surface area contributed by atoms with Crippen molar-refractivity contribution in [3.8, 4) is 0 Å². The molecule has 3 atom stereocenters. The van der Waals surface area contributed by atoms with E-state index < -0.39 is 0 Å². The van der Waals surface area contributed by atoms with Gasteiger partial charge in [-0.05, 0) is 24.7 Å². The molecule has 0 saturated carbocycles. The van der Waals surface area contributed by atoms with Crippen molar-refractivity contribution in [1.82, 2.24) is 10.2 Å². The van der Waals surface area contributed by atoms with Gasteiger partial charge >= 0.3 is 0 Å². The van der Waals surface area contributed by atoms with Crippen molar-refractivity contribution < 1.29 is 4.79 Å². The van der Waals surface area contributed by atoms with Crippen LogP contribution in [0.1, 0.15) is 25.1 Å². The summed E-state index contributed by atoms with van der Waals surface area (Å²) in [5.41, 5.74) is 1.19. The van der Waals surface area contributed by atoms with E-state index in [0.29, 0.717) is 6.04 Å². The summed E-state index contributed by atoms with van der Waals surface area (Å²) in [6.45, 7) is 1.96. The maximum atomic E-state index is 12.3. The van der Waals surface area contributed by atoms with Gasteiger partial charge in [-0.15, -0.1) is 0 Å². The highest BCUT2D eigenvalue weighted by atomic mass is 32.2. The molecular weight excluding hydrogens is 244 g/mol. The van der Waals surface area contributed by atoms with E-state index in [1.165, 1.54) is 11.3 Å². The largest absolute Gasteiger partial charge is 0.318 e. The van der Waals surface area contributed by atoms with E-state index in [9.17, 15) is 4.79 Å². The lowest BCUT2D eigenvalue weighted by Gasteiger charge is -2.30. The predicted octanol–water partition coefficient (Wildman–Crippen LogP) is 2.01. The van der Waals surface area contributed by atoms with Crippen LogP contribution in [0.4, 0.5) is 0 Å². The van der Waals surface area contributed by atoms with E-state index in [-0.39, 0.29) is 18.1 Å². The van der Waals surface area contributed by atoms with Crippen LogP contribution < -0.4 is 5.32 Å². The third-order valence-electron chi connectivity index (χ3n) is 3.73. The zero-order valence-corrected chi connectivity index (χ0v) is 11.3. The van der Waals surface area contributed by atoms with Crippen molar-refractivity contribution in [3.63, 3.8) is 0 Å². The average molecular weight is 262 g/mol. The quantitative estimate of drug-likeness (QED) is 0.885. The van der Waals surface area contributed by atoms with Crippen LogP contribution >= 0.6 is 11.8 Å². The minimum atomic E-state index is -0.0687. The fourth-order valence-electron chi connectivity index (χ4n) is 2.76. The normalized spacial score (nSPS) is 32.2. The van der Waals surface area contributed by atoms with Gasteiger partial charge in [0.15, 0.2) is 0 Å². The Morgan fingerprint density at radius 3 is 2.78 bits per heavy atom. The SMILES string of the molecule is CC1NC(c2ccccc2)N(C2CCSC2)C1=O. The van der Waals surface area contributed by atoms with Crippen molar-refractivity contribution in [2.24, 2.45) is 0 Å². The number of carbonyl (C=O) groups is 1. The van der Waals surface area contributed by atoms with Crippen LogP contribution in [0.5, 0.6) is 0 Å². The molecule has 0 aromatic heterocycles. The summed E-state index contributed by atoms with van der Waals surface area (Å²) in [7, 11) is 0. The van der Waals surface area contributed by atoms with Crippen molar-refractivity contribution in [2.45, 2.75) is 31.6 Å². The molecule has 0 spiro atoms. The summed E-state index contributed by atoms with van der Waals surface area (Å²) in [5, 5.41) is 3.41. The zero-order chi connectivity index (χ0) is 12.5. The highest BCUT2D eigenvalue weighted by molar-refractivity contribution is 7.99. The Labute approximate surface area is 112 Å². The van der Waals surface area contributed by atoms with Gasteiger partial charge in [0.2, 0.25) is 5.91 Å². The molecule has 0 aliphatic carbocycles. The maximum Gasteiger partial charge on any atom is 0.241 e. The first kappa shape index (κ1) is 12.1. The molecule has 1 amide bonds. The topological polar surface area (TPSA) is 32.3 Å². The second-order valence-electron chi connectivity index (χ2n) is 4.96. The number of thioether (sulfide) groups is 1. The number of hydrogen-bond donors (Lipinski definition) is 1. The number of amides is 1.